The van der Waals surface area contributed by atoms with Gasteiger partial charge in [-0.15, -0.1) is 0 Å². The molecule has 2 heteroatoms. The van der Waals surface area contributed by atoms with Gasteiger partial charge in [0.05, 0.1) is 0 Å². The molecule has 0 bridgehead atoms. The maximum Gasteiger partial charge on any atom is 0.0452 e. The van der Waals surface area contributed by atoms with Crippen molar-refractivity contribution in [1.82, 2.24) is 4.90 Å². The van der Waals surface area contributed by atoms with E-state index in [1.54, 1.807) is 0 Å². The number of benzene rings is 1. The van der Waals surface area contributed by atoms with Crippen LogP contribution in [0.1, 0.15) is 22.3 Å². The predicted molar refractivity (Wildman–Crippen MR) is 66.0 cm³/mol. The molecule has 0 aliphatic heterocycles. The van der Waals surface area contributed by atoms with Gasteiger partial charge in [-0.3, -0.25) is 4.90 Å². The number of hydrogen-bond acceptors (Lipinski definition) is 2. The van der Waals surface area contributed by atoms with E-state index in [4.69, 9.17) is 5.73 Å². The Labute approximate surface area is 93.1 Å². The van der Waals surface area contributed by atoms with E-state index >= 15 is 0 Å². The van der Waals surface area contributed by atoms with E-state index in [1.807, 2.05) is 0 Å². The lowest BCUT2D eigenvalue weighted by molar-refractivity contribution is 0.349. The number of nitrogens with two attached hydrogens (primary N) is 1. The van der Waals surface area contributed by atoms with Gasteiger partial charge in [-0.05, 0) is 56.5 Å². The normalized spacial score (nSPS) is 11.1. The Kier molecular flexibility index (Phi) is 4.30. The van der Waals surface area contributed by atoms with Crippen LogP contribution in [0.15, 0.2) is 12.1 Å². The summed E-state index contributed by atoms with van der Waals surface area (Å²) in [6.07, 6.45) is 1.08. The van der Waals surface area contributed by atoms with E-state index in [0.29, 0.717) is 6.67 Å². The molecule has 15 heavy (non-hydrogen) atoms. The first-order chi connectivity index (χ1) is 7.04. The van der Waals surface area contributed by atoms with Crippen molar-refractivity contribution in [2.45, 2.75) is 27.2 Å². The van der Waals surface area contributed by atoms with Crippen LogP contribution in [0.5, 0.6) is 0 Å². The van der Waals surface area contributed by atoms with Crippen LogP contribution in [0.3, 0.4) is 0 Å². The zero-order chi connectivity index (χ0) is 11.4. The van der Waals surface area contributed by atoms with Crippen LogP contribution in [0.2, 0.25) is 0 Å². The smallest absolute Gasteiger partial charge is 0.0452 e. The van der Waals surface area contributed by atoms with Crippen LogP contribution < -0.4 is 5.73 Å². The number of rotatable bonds is 4. The highest BCUT2D eigenvalue weighted by Crippen LogP contribution is 2.15. The van der Waals surface area contributed by atoms with Crippen molar-refractivity contribution in [3.63, 3.8) is 0 Å². The molecular formula is C13H22N2. The second kappa shape index (κ2) is 5.29. The third-order valence-corrected chi connectivity index (χ3v) is 3.03. The van der Waals surface area contributed by atoms with Crippen LogP contribution in [0.25, 0.3) is 0 Å². The minimum atomic E-state index is 0.629. The Morgan fingerprint density at radius 2 is 1.67 bits per heavy atom. The van der Waals surface area contributed by atoms with E-state index < -0.39 is 0 Å². The van der Waals surface area contributed by atoms with Crippen molar-refractivity contribution in [3.05, 3.63) is 34.4 Å². The Morgan fingerprint density at radius 1 is 1.07 bits per heavy atom. The van der Waals surface area contributed by atoms with Crippen molar-refractivity contribution < 1.29 is 0 Å². The molecule has 0 amide bonds. The molecular weight excluding hydrogens is 184 g/mol. The van der Waals surface area contributed by atoms with E-state index in [0.717, 1.165) is 13.0 Å². The zero-order valence-corrected chi connectivity index (χ0v) is 10.3. The fourth-order valence-corrected chi connectivity index (χ4v) is 1.69. The summed E-state index contributed by atoms with van der Waals surface area (Å²) in [4.78, 5) is 2.13. The average Bonchev–Trinajstić information content (AvgIpc) is 2.21. The summed E-state index contributed by atoms with van der Waals surface area (Å²) in [5.41, 5.74) is 11.1. The second-order valence-corrected chi connectivity index (χ2v) is 4.38. The molecule has 0 atom stereocenters. The minimum Gasteiger partial charge on any atom is -0.318 e. The lowest BCUT2D eigenvalue weighted by atomic mass is 9.99. The molecule has 0 radical (unpaired) electrons. The summed E-state index contributed by atoms with van der Waals surface area (Å²) in [7, 11) is 2.05. The third kappa shape index (κ3) is 3.33. The van der Waals surface area contributed by atoms with Gasteiger partial charge in [-0.1, -0.05) is 12.1 Å². The fourth-order valence-electron chi connectivity index (χ4n) is 1.69. The van der Waals surface area contributed by atoms with Gasteiger partial charge in [0.15, 0.2) is 0 Å². The van der Waals surface area contributed by atoms with Gasteiger partial charge >= 0.3 is 0 Å². The largest absolute Gasteiger partial charge is 0.318 e. The van der Waals surface area contributed by atoms with E-state index in [-0.39, 0.29) is 0 Å². The van der Waals surface area contributed by atoms with Gasteiger partial charge in [-0.25, -0.2) is 0 Å². The molecule has 0 aromatic heterocycles. The summed E-state index contributed by atoms with van der Waals surface area (Å²) < 4.78 is 0. The van der Waals surface area contributed by atoms with Gasteiger partial charge in [0.25, 0.3) is 0 Å². The lowest BCUT2D eigenvalue weighted by Crippen LogP contribution is -2.27. The molecule has 0 unspecified atom stereocenters. The molecule has 2 N–H and O–H groups in total. The maximum absolute atomic E-state index is 5.55. The monoisotopic (exact) mass is 206 g/mol. The molecule has 1 aromatic carbocycles. The lowest BCUT2D eigenvalue weighted by Gasteiger charge is -2.15. The Morgan fingerprint density at radius 3 is 2.27 bits per heavy atom. The molecule has 1 rings (SSSR count). The quantitative estimate of drug-likeness (QED) is 0.764. The molecule has 0 fully saturated rings. The number of hydrogen-bond donors (Lipinski definition) is 1. The Bertz CT molecular complexity index is 332. The number of nitrogens with zero attached hydrogens (tertiary/aromatic N) is 1. The first kappa shape index (κ1) is 12.2. The van der Waals surface area contributed by atoms with Gasteiger partial charge in [0, 0.05) is 13.2 Å². The molecule has 0 spiro atoms. The number of aryl methyl sites for hydroxylation is 3. The van der Waals surface area contributed by atoms with Crippen molar-refractivity contribution in [1.29, 1.82) is 0 Å². The molecule has 2 nitrogen and oxygen atoms in total. The Balaban J connectivity index is 2.73. The maximum atomic E-state index is 5.55. The summed E-state index contributed by atoms with van der Waals surface area (Å²) in [6.45, 7) is 8.18. The highest BCUT2D eigenvalue weighted by Gasteiger charge is 2.03. The van der Waals surface area contributed by atoms with Crippen LogP contribution >= 0.6 is 0 Å². The van der Waals surface area contributed by atoms with Gasteiger partial charge in [0.2, 0.25) is 0 Å². The standard InChI is InChI=1S/C13H22N2/c1-10-7-12(3)13(8-11(10)2)5-6-15(4)9-14/h7-8H,5-6,9,14H2,1-4H3. The van der Waals surface area contributed by atoms with Crippen LogP contribution in [-0.2, 0) is 6.42 Å². The second-order valence-electron chi connectivity index (χ2n) is 4.38. The van der Waals surface area contributed by atoms with Crippen LogP contribution in [0.4, 0.5) is 0 Å². The molecule has 0 saturated heterocycles. The first-order valence-corrected chi connectivity index (χ1v) is 5.50. The number of likely N-dealkylation sites (N-methyl/N-ethyl adjacent to an activating group) is 1. The fraction of sp³-hybridized carbons (Fsp3) is 0.538. The van der Waals surface area contributed by atoms with Crippen molar-refractivity contribution in [3.8, 4) is 0 Å². The first-order valence-electron chi connectivity index (χ1n) is 5.50. The highest BCUT2D eigenvalue weighted by molar-refractivity contribution is 5.36. The Hall–Kier alpha value is -0.860. The summed E-state index contributed by atoms with van der Waals surface area (Å²) in [6, 6.07) is 4.57. The van der Waals surface area contributed by atoms with E-state index in [2.05, 4.69) is 44.9 Å². The summed E-state index contributed by atoms with van der Waals surface area (Å²) >= 11 is 0. The highest BCUT2D eigenvalue weighted by atomic mass is 15.1. The summed E-state index contributed by atoms with van der Waals surface area (Å²) in [5.74, 6) is 0. The van der Waals surface area contributed by atoms with Crippen LogP contribution in [0, 0.1) is 20.8 Å². The van der Waals surface area contributed by atoms with Gasteiger partial charge < -0.3 is 5.73 Å². The molecule has 1 aromatic rings. The van der Waals surface area contributed by atoms with E-state index in [1.165, 1.54) is 22.3 Å². The predicted octanol–water partition coefficient (Wildman–Crippen LogP) is 2.00. The van der Waals surface area contributed by atoms with Gasteiger partial charge in [0.1, 0.15) is 0 Å². The molecule has 0 saturated carbocycles. The average molecular weight is 206 g/mol. The van der Waals surface area contributed by atoms with Crippen molar-refractivity contribution in [2.24, 2.45) is 5.73 Å². The molecule has 0 aliphatic rings. The van der Waals surface area contributed by atoms with Crippen molar-refractivity contribution >= 4 is 0 Å². The molecule has 0 heterocycles. The zero-order valence-electron chi connectivity index (χ0n) is 10.3. The van der Waals surface area contributed by atoms with Gasteiger partial charge in [-0.2, -0.15) is 0 Å². The molecule has 84 valence electrons. The SMILES string of the molecule is Cc1cc(C)c(CCN(C)CN)cc1C. The van der Waals surface area contributed by atoms with Crippen LogP contribution in [-0.4, -0.2) is 25.2 Å². The van der Waals surface area contributed by atoms with E-state index in [9.17, 15) is 0 Å². The third-order valence-electron chi connectivity index (χ3n) is 3.03. The van der Waals surface area contributed by atoms with Crippen molar-refractivity contribution in [2.75, 3.05) is 20.3 Å². The topological polar surface area (TPSA) is 29.3 Å². The minimum absolute atomic E-state index is 0.629. The molecule has 0 aliphatic carbocycles. The summed E-state index contributed by atoms with van der Waals surface area (Å²) in [5, 5.41) is 0.